The zero-order valence-electron chi connectivity index (χ0n) is 15.2. The fourth-order valence-electron chi connectivity index (χ4n) is 3.66. The lowest BCUT2D eigenvalue weighted by Gasteiger charge is -2.35. The van der Waals surface area contributed by atoms with E-state index in [1.54, 1.807) is 6.08 Å². The summed E-state index contributed by atoms with van der Waals surface area (Å²) in [5.41, 5.74) is 0.295. The zero-order chi connectivity index (χ0) is 18.7. The van der Waals surface area contributed by atoms with Crippen LogP contribution >= 0.6 is 0 Å². The molecule has 1 unspecified atom stereocenters. The molecular weight excluding hydrogens is 334 g/mol. The number of methoxy groups -OCH3 is 2. The number of anilines is 1. The molecule has 0 aromatic heterocycles. The first-order valence-corrected chi connectivity index (χ1v) is 8.67. The summed E-state index contributed by atoms with van der Waals surface area (Å²) in [6, 6.07) is 9.46. The summed E-state index contributed by atoms with van der Waals surface area (Å²) >= 11 is 0. The van der Waals surface area contributed by atoms with Crippen LogP contribution in [0.15, 0.2) is 53.6 Å². The lowest BCUT2D eigenvalue weighted by molar-refractivity contribution is -0.139. The topological polar surface area (TPSA) is 73.9 Å². The van der Waals surface area contributed by atoms with Crippen molar-refractivity contribution in [1.29, 1.82) is 0 Å². The first kappa shape index (κ1) is 18.2. The Balaban J connectivity index is 2.06. The van der Waals surface area contributed by atoms with Crippen molar-refractivity contribution < 1.29 is 23.8 Å². The summed E-state index contributed by atoms with van der Waals surface area (Å²) in [6.45, 7) is 2.06. The molecule has 3 rings (SSSR count). The van der Waals surface area contributed by atoms with Gasteiger partial charge in [0.1, 0.15) is 11.7 Å². The van der Waals surface area contributed by atoms with Crippen molar-refractivity contribution in [2.24, 2.45) is 0 Å². The van der Waals surface area contributed by atoms with Crippen LogP contribution in [0.5, 0.6) is 0 Å². The molecule has 1 aromatic carbocycles. The van der Waals surface area contributed by atoms with Gasteiger partial charge in [0.2, 0.25) is 0 Å². The average Bonchev–Trinajstić information content (AvgIpc) is 3.25. The van der Waals surface area contributed by atoms with Gasteiger partial charge >= 0.3 is 11.9 Å². The van der Waals surface area contributed by atoms with Gasteiger partial charge in [-0.05, 0) is 24.6 Å². The summed E-state index contributed by atoms with van der Waals surface area (Å²) < 4.78 is 16.0. The van der Waals surface area contributed by atoms with E-state index in [4.69, 9.17) is 14.2 Å². The third-order valence-corrected chi connectivity index (χ3v) is 4.79. The molecule has 1 aromatic rings. The van der Waals surface area contributed by atoms with E-state index < -0.39 is 23.6 Å². The van der Waals surface area contributed by atoms with Crippen molar-refractivity contribution in [3.63, 3.8) is 0 Å². The summed E-state index contributed by atoms with van der Waals surface area (Å²) in [5.74, 6) is -1.15. The number of ether oxygens (including phenoxy) is 3. The Morgan fingerprint density at radius 1 is 1.19 bits per heavy atom. The van der Waals surface area contributed by atoms with Gasteiger partial charge in [-0.3, -0.25) is 0 Å². The van der Waals surface area contributed by atoms with E-state index in [9.17, 15) is 9.59 Å². The van der Waals surface area contributed by atoms with Crippen LogP contribution in [0.4, 0.5) is 5.69 Å². The number of benzene rings is 1. The quantitative estimate of drug-likeness (QED) is 0.597. The van der Waals surface area contributed by atoms with Gasteiger partial charge in [-0.25, -0.2) is 9.59 Å². The van der Waals surface area contributed by atoms with Gasteiger partial charge in [0.15, 0.2) is 0 Å². The molecule has 6 heteroatoms. The molecule has 6 nitrogen and oxygen atoms in total. The molecule has 0 spiro atoms. The van der Waals surface area contributed by atoms with Crippen molar-refractivity contribution >= 4 is 17.6 Å². The molecule has 26 heavy (non-hydrogen) atoms. The Kier molecular flexibility index (Phi) is 5.13. The Hall–Kier alpha value is -2.60. The van der Waals surface area contributed by atoms with Crippen molar-refractivity contribution in [3.05, 3.63) is 53.6 Å². The average molecular weight is 357 g/mol. The molecule has 138 valence electrons. The molecule has 0 amide bonds. The molecule has 2 aliphatic rings. The Morgan fingerprint density at radius 2 is 1.88 bits per heavy atom. The number of fused-ring (bicyclic) bond motifs is 2. The number of hydrogen-bond donors (Lipinski definition) is 1. The van der Waals surface area contributed by atoms with E-state index in [0.717, 1.165) is 18.5 Å². The predicted molar refractivity (Wildman–Crippen MR) is 96.6 cm³/mol. The summed E-state index contributed by atoms with van der Waals surface area (Å²) in [4.78, 5) is 24.9. The molecular formula is C20H23NO5. The minimum atomic E-state index is -1.06. The molecule has 0 saturated carbocycles. The first-order valence-electron chi connectivity index (χ1n) is 8.67. The maximum Gasteiger partial charge on any atom is 0.337 e. The number of esters is 2. The standard InChI is InChI=1S/C20H23NO5/c1-4-8-15(21-13-9-6-5-7-10-13)20-12-11-14(26-20)16(18(22)24-2)17(20)19(23)25-3/h5-7,9-12,14-15,21H,4,8H2,1-3H3/t14-,15-,20?/m0/s1. The fraction of sp³-hybridized carbons (Fsp3) is 0.400. The Bertz CT molecular complexity index is 755. The van der Waals surface area contributed by atoms with Crippen LogP contribution in [0.25, 0.3) is 0 Å². The second-order valence-corrected chi connectivity index (χ2v) is 6.31. The molecule has 0 radical (unpaired) electrons. The highest BCUT2D eigenvalue weighted by Crippen LogP contribution is 2.47. The predicted octanol–water partition coefficient (Wildman–Crippen LogP) is 2.62. The number of nitrogens with one attached hydrogen (secondary N) is 1. The van der Waals surface area contributed by atoms with Gasteiger partial charge in [-0.15, -0.1) is 0 Å². The maximum atomic E-state index is 12.6. The smallest absolute Gasteiger partial charge is 0.337 e. The van der Waals surface area contributed by atoms with Gasteiger partial charge < -0.3 is 19.5 Å². The van der Waals surface area contributed by atoms with E-state index in [1.165, 1.54) is 14.2 Å². The van der Waals surface area contributed by atoms with Gasteiger partial charge in [0, 0.05) is 5.69 Å². The Labute approximate surface area is 152 Å². The van der Waals surface area contributed by atoms with E-state index in [-0.39, 0.29) is 17.2 Å². The van der Waals surface area contributed by atoms with Crippen LogP contribution in [0, 0.1) is 0 Å². The van der Waals surface area contributed by atoms with Gasteiger partial charge in [-0.2, -0.15) is 0 Å². The monoisotopic (exact) mass is 357 g/mol. The fourth-order valence-corrected chi connectivity index (χ4v) is 3.66. The van der Waals surface area contributed by atoms with E-state index >= 15 is 0 Å². The summed E-state index contributed by atoms with van der Waals surface area (Å²) in [6.07, 6.45) is 4.66. The van der Waals surface area contributed by atoms with Crippen LogP contribution in [0.2, 0.25) is 0 Å². The van der Waals surface area contributed by atoms with Gasteiger partial charge in [-0.1, -0.05) is 37.6 Å². The van der Waals surface area contributed by atoms with Crippen LogP contribution < -0.4 is 5.32 Å². The molecule has 2 aliphatic heterocycles. The third kappa shape index (κ3) is 2.90. The minimum Gasteiger partial charge on any atom is -0.466 e. The number of hydrogen-bond acceptors (Lipinski definition) is 6. The van der Waals surface area contributed by atoms with Gasteiger partial charge in [0.25, 0.3) is 0 Å². The number of carbonyl (C=O) groups is 2. The second kappa shape index (κ2) is 7.33. The molecule has 0 fully saturated rings. The summed E-state index contributed by atoms with van der Waals surface area (Å²) in [7, 11) is 2.59. The van der Waals surface area contributed by atoms with E-state index in [2.05, 4.69) is 12.2 Å². The third-order valence-electron chi connectivity index (χ3n) is 4.79. The second-order valence-electron chi connectivity index (χ2n) is 6.31. The van der Waals surface area contributed by atoms with Crippen molar-refractivity contribution in [1.82, 2.24) is 0 Å². The Morgan fingerprint density at radius 3 is 2.50 bits per heavy atom. The highest BCUT2D eigenvalue weighted by Gasteiger charge is 2.58. The van der Waals surface area contributed by atoms with E-state index in [1.807, 2.05) is 36.4 Å². The van der Waals surface area contributed by atoms with E-state index in [0.29, 0.717) is 0 Å². The maximum absolute atomic E-state index is 12.6. The molecule has 0 saturated heterocycles. The minimum absolute atomic E-state index is 0.220. The molecule has 1 N–H and O–H groups in total. The van der Waals surface area contributed by atoms with Crippen molar-refractivity contribution in [3.8, 4) is 0 Å². The highest BCUT2D eigenvalue weighted by molar-refractivity contribution is 6.05. The van der Waals surface area contributed by atoms with Crippen LogP contribution in [-0.2, 0) is 23.8 Å². The SMILES string of the molecule is CCC[C@H](Nc1ccccc1)C12C=C[C@H](O1)C(C(=O)OC)=C2C(=O)OC. The highest BCUT2D eigenvalue weighted by atomic mass is 16.6. The molecule has 2 heterocycles. The van der Waals surface area contributed by atoms with Crippen LogP contribution in [-0.4, -0.2) is 43.9 Å². The summed E-state index contributed by atoms with van der Waals surface area (Å²) in [5, 5.41) is 3.46. The van der Waals surface area contributed by atoms with Crippen LogP contribution in [0.3, 0.4) is 0 Å². The molecule has 3 atom stereocenters. The first-order chi connectivity index (χ1) is 12.6. The number of rotatable bonds is 7. The number of carbonyl (C=O) groups excluding carboxylic acids is 2. The largest absolute Gasteiger partial charge is 0.466 e. The molecule has 2 bridgehead atoms. The van der Waals surface area contributed by atoms with Crippen LogP contribution in [0.1, 0.15) is 19.8 Å². The zero-order valence-corrected chi connectivity index (χ0v) is 15.2. The lowest BCUT2D eigenvalue weighted by atomic mass is 9.79. The van der Waals surface area contributed by atoms with Crippen molar-refractivity contribution in [2.75, 3.05) is 19.5 Å². The number of para-hydroxylation sites is 1. The van der Waals surface area contributed by atoms with Crippen molar-refractivity contribution in [2.45, 2.75) is 37.5 Å². The lowest BCUT2D eigenvalue weighted by Crippen LogP contribution is -2.48. The molecule has 0 aliphatic carbocycles. The normalized spacial score (nSPS) is 24.5. The van der Waals surface area contributed by atoms with Gasteiger partial charge in [0.05, 0.1) is 31.4 Å².